The Kier molecular flexibility index (Phi) is 6.86. The van der Waals surface area contributed by atoms with Crippen LogP contribution in [0.4, 0.5) is 26.3 Å². The number of hydrogen-bond donors (Lipinski definition) is 4. The molecule has 4 rings (SSSR count). The van der Waals surface area contributed by atoms with Crippen molar-refractivity contribution in [2.45, 2.75) is 73.6 Å². The lowest BCUT2D eigenvalue weighted by molar-refractivity contribution is -0.334. The van der Waals surface area contributed by atoms with Gasteiger partial charge in [0.2, 0.25) is 0 Å². The standard InChI is InChI=1S/C19H24F6N4O2S/c1-9-2-4-12(27-17-29-28-16(32-17)14(21)22)15(26-9)31-13-5-3-10(20)8-11(13)18(6-7-30-18)19(23,24)25/h3,5,8-9,12,14-17,26-29H,2,4,6-7H2,1H3/t9?,12-,15?,16?,17?,18-/m1/s1. The van der Waals surface area contributed by atoms with Crippen LogP contribution in [0.1, 0.15) is 31.7 Å². The van der Waals surface area contributed by atoms with Crippen molar-refractivity contribution in [2.24, 2.45) is 0 Å². The summed E-state index contributed by atoms with van der Waals surface area (Å²) in [6.07, 6.45) is -7.10. The van der Waals surface area contributed by atoms with Crippen molar-refractivity contribution < 1.29 is 35.8 Å². The first-order valence-corrected chi connectivity index (χ1v) is 11.2. The summed E-state index contributed by atoms with van der Waals surface area (Å²) in [6, 6.07) is 2.59. The maximum absolute atomic E-state index is 13.9. The van der Waals surface area contributed by atoms with Crippen LogP contribution in [0.2, 0.25) is 0 Å². The van der Waals surface area contributed by atoms with Crippen molar-refractivity contribution in [2.75, 3.05) is 6.61 Å². The first kappa shape index (κ1) is 23.9. The minimum atomic E-state index is -4.75. The highest BCUT2D eigenvalue weighted by atomic mass is 32.2. The lowest BCUT2D eigenvalue weighted by Gasteiger charge is -2.44. The second-order valence-electron chi connectivity index (χ2n) is 8.08. The third-order valence-electron chi connectivity index (χ3n) is 5.85. The minimum Gasteiger partial charge on any atom is -0.473 e. The molecule has 0 radical (unpaired) electrons. The molecular weight excluding hydrogens is 462 g/mol. The van der Waals surface area contributed by atoms with Crippen molar-refractivity contribution in [3.63, 3.8) is 0 Å². The number of rotatable bonds is 6. The molecule has 1 aromatic carbocycles. The predicted octanol–water partition coefficient (Wildman–Crippen LogP) is 3.15. The van der Waals surface area contributed by atoms with E-state index in [4.69, 9.17) is 9.47 Å². The van der Waals surface area contributed by atoms with E-state index >= 15 is 0 Å². The van der Waals surface area contributed by atoms with Gasteiger partial charge in [-0.25, -0.2) is 24.0 Å². The van der Waals surface area contributed by atoms with Gasteiger partial charge in [-0.3, -0.25) is 10.6 Å². The first-order valence-electron chi connectivity index (χ1n) is 10.2. The molecule has 3 aliphatic heterocycles. The minimum absolute atomic E-state index is 0.00889. The molecule has 0 saturated carbocycles. The van der Waals surface area contributed by atoms with E-state index in [1.54, 1.807) is 0 Å². The van der Waals surface area contributed by atoms with Gasteiger partial charge in [0.25, 0.3) is 6.43 Å². The third kappa shape index (κ3) is 4.68. The van der Waals surface area contributed by atoms with Gasteiger partial charge in [0.05, 0.1) is 12.6 Å². The number of ether oxygens (including phenoxy) is 2. The van der Waals surface area contributed by atoms with Gasteiger partial charge in [-0.1, -0.05) is 11.8 Å². The summed E-state index contributed by atoms with van der Waals surface area (Å²) in [6.45, 7) is 1.81. The molecule has 180 valence electrons. The van der Waals surface area contributed by atoms with Gasteiger partial charge >= 0.3 is 6.18 Å². The molecule has 6 nitrogen and oxygen atoms in total. The molecule has 6 atom stereocenters. The lowest BCUT2D eigenvalue weighted by atomic mass is 9.85. The summed E-state index contributed by atoms with van der Waals surface area (Å²) in [5.41, 5.74) is 1.64. The smallest absolute Gasteiger partial charge is 0.421 e. The summed E-state index contributed by atoms with van der Waals surface area (Å²) in [5.74, 6) is -0.973. The Morgan fingerprint density at radius 1 is 1.25 bits per heavy atom. The largest absolute Gasteiger partial charge is 0.473 e. The summed E-state index contributed by atoms with van der Waals surface area (Å²) in [7, 11) is 0. The molecule has 4 unspecified atom stereocenters. The monoisotopic (exact) mass is 486 g/mol. The molecule has 1 aromatic rings. The summed E-state index contributed by atoms with van der Waals surface area (Å²) >= 11 is 0.962. The Hall–Kier alpha value is -1.25. The first-order chi connectivity index (χ1) is 15.1. The molecule has 0 aromatic heterocycles. The Labute approximate surface area is 185 Å². The van der Waals surface area contributed by atoms with E-state index in [9.17, 15) is 26.3 Å². The molecule has 0 bridgehead atoms. The second kappa shape index (κ2) is 9.18. The topological polar surface area (TPSA) is 66.6 Å². The number of thioether (sulfide) groups is 1. The fourth-order valence-corrected chi connectivity index (χ4v) is 5.01. The van der Waals surface area contributed by atoms with Crippen LogP contribution in [0, 0.1) is 5.82 Å². The summed E-state index contributed by atoms with van der Waals surface area (Å²) < 4.78 is 92.1. The SMILES string of the molecule is CC1CC[C@@H](NC2NNC(C(F)F)S2)C(Oc2ccc(F)cc2[C@@]2(C(F)(F)F)CCO2)N1. The molecule has 0 spiro atoms. The summed E-state index contributed by atoms with van der Waals surface area (Å²) in [5, 5.41) is 5.26. The maximum atomic E-state index is 13.9. The average molecular weight is 486 g/mol. The highest BCUT2D eigenvalue weighted by molar-refractivity contribution is 8.00. The highest BCUT2D eigenvalue weighted by Gasteiger charge is 2.62. The van der Waals surface area contributed by atoms with Crippen molar-refractivity contribution in [1.82, 2.24) is 21.5 Å². The van der Waals surface area contributed by atoms with Crippen LogP contribution in [0.25, 0.3) is 0 Å². The van der Waals surface area contributed by atoms with Crippen molar-refractivity contribution >= 4 is 11.8 Å². The van der Waals surface area contributed by atoms with E-state index in [1.807, 2.05) is 6.92 Å². The van der Waals surface area contributed by atoms with Crippen molar-refractivity contribution in [3.05, 3.63) is 29.6 Å². The van der Waals surface area contributed by atoms with E-state index in [0.29, 0.717) is 6.42 Å². The Morgan fingerprint density at radius 2 is 2.00 bits per heavy atom. The van der Waals surface area contributed by atoms with Gasteiger partial charge in [-0.15, -0.1) is 0 Å². The van der Waals surface area contributed by atoms with Crippen LogP contribution in [-0.2, 0) is 10.3 Å². The number of alkyl halides is 5. The number of hydrazine groups is 1. The molecule has 0 amide bonds. The maximum Gasteiger partial charge on any atom is 0.421 e. The second-order valence-corrected chi connectivity index (χ2v) is 9.33. The van der Waals surface area contributed by atoms with Crippen LogP contribution in [-0.4, -0.2) is 48.4 Å². The molecule has 4 N–H and O–H groups in total. The van der Waals surface area contributed by atoms with E-state index in [-0.39, 0.29) is 24.8 Å². The van der Waals surface area contributed by atoms with Crippen LogP contribution in [0.15, 0.2) is 18.2 Å². The van der Waals surface area contributed by atoms with Crippen LogP contribution in [0.5, 0.6) is 5.75 Å². The normalized spacial score (nSPS) is 35.7. The van der Waals surface area contributed by atoms with E-state index in [1.165, 1.54) is 0 Å². The van der Waals surface area contributed by atoms with Gasteiger partial charge in [-0.2, -0.15) is 13.2 Å². The molecular formula is C19H24F6N4O2S. The lowest BCUT2D eigenvalue weighted by Crippen LogP contribution is -2.61. The molecule has 13 heteroatoms. The predicted molar refractivity (Wildman–Crippen MR) is 105 cm³/mol. The number of hydrogen-bond acceptors (Lipinski definition) is 7. The number of piperidine rings is 1. The zero-order valence-electron chi connectivity index (χ0n) is 17.0. The van der Waals surface area contributed by atoms with Gasteiger partial charge in [0, 0.05) is 18.0 Å². The van der Waals surface area contributed by atoms with Crippen molar-refractivity contribution in [1.29, 1.82) is 0 Å². The van der Waals surface area contributed by atoms with Gasteiger partial charge < -0.3 is 9.47 Å². The zero-order chi connectivity index (χ0) is 23.1. The third-order valence-corrected chi connectivity index (χ3v) is 6.99. The fraction of sp³-hybridized carbons (Fsp3) is 0.684. The highest BCUT2D eigenvalue weighted by Crippen LogP contribution is 2.53. The van der Waals surface area contributed by atoms with Crippen LogP contribution < -0.4 is 26.2 Å². The van der Waals surface area contributed by atoms with E-state index in [0.717, 1.165) is 36.4 Å². The molecule has 3 saturated heterocycles. The fourth-order valence-electron chi connectivity index (χ4n) is 4.07. The van der Waals surface area contributed by atoms with Gasteiger partial charge in [0.1, 0.15) is 22.4 Å². The summed E-state index contributed by atoms with van der Waals surface area (Å²) in [4.78, 5) is 0. The van der Waals surface area contributed by atoms with Gasteiger partial charge in [0.15, 0.2) is 11.8 Å². The molecule has 32 heavy (non-hydrogen) atoms. The van der Waals surface area contributed by atoms with Crippen LogP contribution in [0.3, 0.4) is 0 Å². The molecule has 3 heterocycles. The average Bonchev–Trinajstić information content (AvgIpc) is 3.13. The molecule has 3 fully saturated rings. The Morgan fingerprint density at radius 3 is 2.59 bits per heavy atom. The number of halogens is 6. The Balaban J connectivity index is 1.55. The van der Waals surface area contributed by atoms with Crippen LogP contribution >= 0.6 is 11.8 Å². The molecule has 0 aliphatic carbocycles. The zero-order valence-corrected chi connectivity index (χ0v) is 17.8. The number of nitrogens with one attached hydrogen (secondary N) is 4. The Bertz CT molecular complexity index is 813. The van der Waals surface area contributed by atoms with E-state index in [2.05, 4.69) is 21.5 Å². The number of benzene rings is 1. The van der Waals surface area contributed by atoms with Crippen molar-refractivity contribution in [3.8, 4) is 5.75 Å². The van der Waals surface area contributed by atoms with E-state index < -0.39 is 52.7 Å². The van der Waals surface area contributed by atoms with Gasteiger partial charge in [-0.05, 0) is 38.0 Å². The quantitative estimate of drug-likeness (QED) is 0.461. The molecule has 3 aliphatic rings.